The van der Waals surface area contributed by atoms with Gasteiger partial charge in [0.15, 0.2) is 5.82 Å². The molecule has 1 aliphatic heterocycles. The highest BCUT2D eigenvalue weighted by Gasteiger charge is 2.27. The monoisotopic (exact) mass is 298 g/mol. The van der Waals surface area contributed by atoms with E-state index >= 15 is 0 Å². The Bertz CT molecular complexity index is 517. The summed E-state index contributed by atoms with van der Waals surface area (Å²) >= 11 is 1.13. The molecule has 1 amide bonds. The van der Waals surface area contributed by atoms with Gasteiger partial charge in [0.1, 0.15) is 10.6 Å². The lowest BCUT2D eigenvalue weighted by molar-refractivity contribution is -0.127. The van der Waals surface area contributed by atoms with E-state index in [0.29, 0.717) is 18.1 Å². The number of rotatable bonds is 3. The van der Waals surface area contributed by atoms with Crippen LogP contribution in [0.15, 0.2) is 0 Å². The zero-order valence-electron chi connectivity index (χ0n) is 11.6. The Kier molecular flexibility index (Phi) is 4.43. The molecule has 0 aromatic carbocycles. The predicted octanol–water partition coefficient (Wildman–Crippen LogP) is 0.570. The number of anilines is 2. The standard InChI is InChI=1S/C12H18N4O3S/c1-3-19-12(18)9-10(13)14-20-11(9)16-6-4-5-15(2)8(17)7-16/h3-7H2,1-2H3,(H2,13,14). The van der Waals surface area contributed by atoms with Crippen LogP contribution in [-0.4, -0.2) is 54.4 Å². The van der Waals surface area contributed by atoms with Gasteiger partial charge >= 0.3 is 5.97 Å². The number of hydrogen-bond donors (Lipinski definition) is 1. The van der Waals surface area contributed by atoms with Gasteiger partial charge in [-0.3, -0.25) is 4.79 Å². The number of aromatic nitrogens is 1. The average Bonchev–Trinajstić information content (AvgIpc) is 2.71. The maximum Gasteiger partial charge on any atom is 0.345 e. The summed E-state index contributed by atoms with van der Waals surface area (Å²) in [4.78, 5) is 27.4. The second-order valence-corrected chi connectivity index (χ2v) is 5.31. The Hall–Kier alpha value is -1.83. The van der Waals surface area contributed by atoms with Gasteiger partial charge in [0, 0.05) is 20.1 Å². The van der Waals surface area contributed by atoms with Crippen LogP contribution in [0.4, 0.5) is 10.8 Å². The maximum absolute atomic E-state index is 12.0. The molecule has 7 nitrogen and oxygen atoms in total. The van der Waals surface area contributed by atoms with Crippen molar-refractivity contribution in [3.8, 4) is 0 Å². The molecule has 0 bridgehead atoms. The minimum Gasteiger partial charge on any atom is -0.462 e. The van der Waals surface area contributed by atoms with E-state index in [4.69, 9.17) is 10.5 Å². The highest BCUT2D eigenvalue weighted by atomic mass is 32.1. The molecule has 0 atom stereocenters. The minimum atomic E-state index is -0.487. The summed E-state index contributed by atoms with van der Waals surface area (Å²) in [6.45, 7) is 3.63. The van der Waals surface area contributed by atoms with E-state index in [1.165, 1.54) is 0 Å². The molecule has 1 fully saturated rings. The third-order valence-electron chi connectivity index (χ3n) is 3.14. The van der Waals surface area contributed by atoms with E-state index in [1.807, 2.05) is 4.90 Å². The molecule has 8 heteroatoms. The van der Waals surface area contributed by atoms with Gasteiger partial charge in [-0.25, -0.2) is 4.79 Å². The Morgan fingerprint density at radius 1 is 1.50 bits per heavy atom. The zero-order chi connectivity index (χ0) is 14.7. The number of hydrogen-bond acceptors (Lipinski definition) is 7. The number of likely N-dealkylation sites (N-methyl/N-ethyl adjacent to an activating group) is 1. The Morgan fingerprint density at radius 3 is 2.95 bits per heavy atom. The first-order chi connectivity index (χ1) is 9.54. The lowest BCUT2D eigenvalue weighted by Gasteiger charge is -2.20. The van der Waals surface area contributed by atoms with Crippen LogP contribution in [-0.2, 0) is 9.53 Å². The summed E-state index contributed by atoms with van der Waals surface area (Å²) < 4.78 is 9.03. The van der Waals surface area contributed by atoms with E-state index in [0.717, 1.165) is 18.0 Å². The van der Waals surface area contributed by atoms with E-state index in [9.17, 15) is 9.59 Å². The molecular weight excluding hydrogens is 280 g/mol. The topological polar surface area (TPSA) is 88.8 Å². The molecule has 2 heterocycles. The fourth-order valence-electron chi connectivity index (χ4n) is 2.06. The molecule has 0 saturated carbocycles. The van der Waals surface area contributed by atoms with E-state index in [-0.39, 0.29) is 30.4 Å². The van der Waals surface area contributed by atoms with Crippen molar-refractivity contribution in [2.45, 2.75) is 13.3 Å². The molecule has 1 aromatic rings. The third kappa shape index (κ3) is 2.84. The summed E-state index contributed by atoms with van der Waals surface area (Å²) in [6.07, 6.45) is 0.836. The van der Waals surface area contributed by atoms with Gasteiger partial charge < -0.3 is 20.3 Å². The molecule has 0 aliphatic carbocycles. The third-order valence-corrected chi connectivity index (χ3v) is 4.06. The number of amides is 1. The molecule has 2 rings (SSSR count). The fraction of sp³-hybridized carbons (Fsp3) is 0.583. The van der Waals surface area contributed by atoms with E-state index < -0.39 is 5.97 Å². The molecular formula is C12H18N4O3S. The number of carbonyl (C=O) groups excluding carboxylic acids is 2. The highest BCUT2D eigenvalue weighted by Crippen LogP contribution is 2.32. The SMILES string of the molecule is CCOC(=O)c1c(N)nsc1N1CCCN(C)C(=O)C1. The molecule has 1 aliphatic rings. The summed E-state index contributed by atoms with van der Waals surface area (Å²) in [5, 5.41) is 0.615. The fourth-order valence-corrected chi connectivity index (χ4v) is 2.89. The molecule has 0 radical (unpaired) electrons. The molecule has 0 unspecified atom stereocenters. The summed E-state index contributed by atoms with van der Waals surface area (Å²) in [5.74, 6) is -0.309. The van der Waals surface area contributed by atoms with Crippen LogP contribution >= 0.6 is 11.5 Å². The Labute approximate surface area is 121 Å². The number of nitrogens with zero attached hydrogens (tertiary/aromatic N) is 3. The number of esters is 1. The highest BCUT2D eigenvalue weighted by molar-refractivity contribution is 7.11. The van der Waals surface area contributed by atoms with Crippen LogP contribution in [0.1, 0.15) is 23.7 Å². The Morgan fingerprint density at radius 2 is 2.25 bits per heavy atom. The van der Waals surface area contributed by atoms with Crippen LogP contribution < -0.4 is 10.6 Å². The van der Waals surface area contributed by atoms with Crippen LogP contribution in [0.2, 0.25) is 0 Å². The maximum atomic E-state index is 12.0. The normalized spacial score (nSPS) is 16.2. The van der Waals surface area contributed by atoms with Gasteiger partial charge in [-0.2, -0.15) is 4.37 Å². The summed E-state index contributed by atoms with van der Waals surface area (Å²) in [7, 11) is 1.78. The van der Waals surface area contributed by atoms with Crippen molar-refractivity contribution in [2.24, 2.45) is 0 Å². The lowest BCUT2D eigenvalue weighted by atomic mass is 10.3. The minimum absolute atomic E-state index is 0.0179. The van der Waals surface area contributed by atoms with Crippen molar-refractivity contribution < 1.29 is 14.3 Å². The summed E-state index contributed by atoms with van der Waals surface area (Å²) in [5.41, 5.74) is 6.03. The van der Waals surface area contributed by atoms with Gasteiger partial charge in [-0.1, -0.05) is 0 Å². The number of carbonyl (C=O) groups is 2. The van der Waals surface area contributed by atoms with Crippen LogP contribution in [0.25, 0.3) is 0 Å². The Balaban J connectivity index is 2.28. The van der Waals surface area contributed by atoms with Crippen molar-refractivity contribution >= 4 is 34.2 Å². The van der Waals surface area contributed by atoms with Gasteiger partial charge in [-0.15, -0.1) is 0 Å². The summed E-state index contributed by atoms with van der Waals surface area (Å²) in [6, 6.07) is 0. The number of nitrogen functional groups attached to an aromatic ring is 1. The molecule has 1 saturated heterocycles. The zero-order valence-corrected chi connectivity index (χ0v) is 12.4. The molecule has 0 spiro atoms. The molecule has 1 aromatic heterocycles. The van der Waals surface area contributed by atoms with Crippen molar-refractivity contribution in [3.05, 3.63) is 5.56 Å². The number of ether oxygens (including phenoxy) is 1. The smallest absolute Gasteiger partial charge is 0.345 e. The van der Waals surface area contributed by atoms with Crippen molar-refractivity contribution in [1.82, 2.24) is 9.27 Å². The second kappa shape index (κ2) is 6.08. The first-order valence-electron chi connectivity index (χ1n) is 6.45. The van der Waals surface area contributed by atoms with Gasteiger partial charge in [-0.05, 0) is 24.9 Å². The van der Waals surface area contributed by atoms with Gasteiger partial charge in [0.05, 0.1) is 13.2 Å². The van der Waals surface area contributed by atoms with E-state index in [1.54, 1.807) is 18.9 Å². The van der Waals surface area contributed by atoms with Gasteiger partial charge in [0.25, 0.3) is 0 Å². The van der Waals surface area contributed by atoms with E-state index in [2.05, 4.69) is 4.37 Å². The van der Waals surface area contributed by atoms with Crippen molar-refractivity contribution in [1.29, 1.82) is 0 Å². The van der Waals surface area contributed by atoms with Crippen LogP contribution in [0.3, 0.4) is 0 Å². The largest absolute Gasteiger partial charge is 0.462 e. The number of nitrogens with two attached hydrogens (primary N) is 1. The van der Waals surface area contributed by atoms with Crippen molar-refractivity contribution in [3.63, 3.8) is 0 Å². The van der Waals surface area contributed by atoms with Gasteiger partial charge in [0.2, 0.25) is 5.91 Å². The second-order valence-electron chi connectivity index (χ2n) is 4.56. The van der Waals surface area contributed by atoms with Crippen LogP contribution in [0.5, 0.6) is 0 Å². The van der Waals surface area contributed by atoms with Crippen molar-refractivity contribution in [2.75, 3.05) is 43.9 Å². The lowest BCUT2D eigenvalue weighted by Crippen LogP contribution is -2.34. The molecule has 110 valence electrons. The predicted molar refractivity (Wildman–Crippen MR) is 76.9 cm³/mol. The van der Waals surface area contributed by atoms with Crippen LogP contribution in [0, 0.1) is 0 Å². The molecule has 2 N–H and O–H groups in total. The first-order valence-corrected chi connectivity index (χ1v) is 7.23. The average molecular weight is 298 g/mol. The first kappa shape index (κ1) is 14.6. The quantitative estimate of drug-likeness (QED) is 0.821. The molecule has 20 heavy (non-hydrogen) atoms.